The number of hydrogen-bond acceptors (Lipinski definition) is 5. The van der Waals surface area contributed by atoms with Gasteiger partial charge in [0.05, 0.1) is 17.5 Å². The molecular formula is C19H17N3O3S. The highest BCUT2D eigenvalue weighted by Crippen LogP contribution is 2.27. The van der Waals surface area contributed by atoms with Gasteiger partial charge >= 0.3 is 0 Å². The van der Waals surface area contributed by atoms with Crippen molar-refractivity contribution in [1.29, 1.82) is 0 Å². The molecule has 4 rings (SSSR count). The number of furan rings is 1. The molecule has 1 aliphatic rings. The fourth-order valence-corrected chi connectivity index (χ4v) is 3.79. The highest BCUT2D eigenvalue weighted by Gasteiger charge is 2.28. The van der Waals surface area contributed by atoms with Crippen LogP contribution in [0.4, 0.5) is 0 Å². The number of thiazole rings is 1. The van der Waals surface area contributed by atoms with Gasteiger partial charge in [-0.3, -0.25) is 9.59 Å². The predicted octanol–water partition coefficient (Wildman–Crippen LogP) is 3.00. The van der Waals surface area contributed by atoms with Gasteiger partial charge in [0.2, 0.25) is 0 Å². The summed E-state index contributed by atoms with van der Waals surface area (Å²) in [6, 6.07) is 13.1. The summed E-state index contributed by atoms with van der Waals surface area (Å²) in [5, 5.41) is 0. The summed E-state index contributed by atoms with van der Waals surface area (Å²) in [7, 11) is 0. The summed E-state index contributed by atoms with van der Waals surface area (Å²) < 4.78 is 5.17. The fraction of sp³-hybridized carbons (Fsp3) is 0.211. The molecule has 6 nitrogen and oxygen atoms in total. The number of amides is 2. The maximum Gasteiger partial charge on any atom is 0.289 e. The quantitative estimate of drug-likeness (QED) is 0.714. The van der Waals surface area contributed by atoms with Gasteiger partial charge in [0.25, 0.3) is 11.8 Å². The molecule has 0 bridgehead atoms. The molecule has 0 atom stereocenters. The van der Waals surface area contributed by atoms with Crippen molar-refractivity contribution in [1.82, 2.24) is 14.8 Å². The molecular weight excluding hydrogens is 350 g/mol. The molecule has 0 spiro atoms. The number of hydrogen-bond donors (Lipinski definition) is 0. The van der Waals surface area contributed by atoms with Crippen LogP contribution < -0.4 is 0 Å². The smallest absolute Gasteiger partial charge is 0.289 e. The zero-order chi connectivity index (χ0) is 17.9. The van der Waals surface area contributed by atoms with Crippen LogP contribution in [0.1, 0.15) is 20.2 Å². The lowest BCUT2D eigenvalue weighted by atomic mass is 10.1. The summed E-state index contributed by atoms with van der Waals surface area (Å²) >= 11 is 1.35. The van der Waals surface area contributed by atoms with Gasteiger partial charge in [-0.25, -0.2) is 4.98 Å². The maximum atomic E-state index is 12.9. The molecule has 26 heavy (non-hydrogen) atoms. The topological polar surface area (TPSA) is 66.7 Å². The molecule has 2 aromatic heterocycles. The van der Waals surface area contributed by atoms with Gasteiger partial charge in [0, 0.05) is 31.7 Å². The molecule has 3 heterocycles. The summed E-state index contributed by atoms with van der Waals surface area (Å²) in [4.78, 5) is 33.8. The van der Waals surface area contributed by atoms with Gasteiger partial charge in [-0.1, -0.05) is 30.3 Å². The largest absolute Gasteiger partial charge is 0.459 e. The lowest BCUT2D eigenvalue weighted by molar-refractivity contribution is 0.0521. The number of rotatable bonds is 3. The number of piperazine rings is 1. The van der Waals surface area contributed by atoms with E-state index in [1.807, 2.05) is 30.3 Å². The second-order valence-electron chi connectivity index (χ2n) is 5.96. The van der Waals surface area contributed by atoms with Gasteiger partial charge in [0.15, 0.2) is 5.76 Å². The Hall–Kier alpha value is -2.93. The van der Waals surface area contributed by atoms with Gasteiger partial charge < -0.3 is 14.2 Å². The number of nitrogens with zero attached hydrogens (tertiary/aromatic N) is 3. The minimum atomic E-state index is -0.134. The normalized spacial score (nSPS) is 14.5. The summed E-state index contributed by atoms with van der Waals surface area (Å²) in [6.07, 6.45) is 1.49. The lowest BCUT2D eigenvalue weighted by Crippen LogP contribution is -2.50. The molecule has 0 N–H and O–H groups in total. The Morgan fingerprint density at radius 3 is 2.27 bits per heavy atom. The molecule has 0 aliphatic carbocycles. The first-order valence-electron chi connectivity index (χ1n) is 8.35. The molecule has 0 unspecified atom stereocenters. The Balaban J connectivity index is 1.45. The van der Waals surface area contributed by atoms with Gasteiger partial charge in [-0.05, 0) is 12.1 Å². The molecule has 1 aromatic carbocycles. The second kappa shape index (κ2) is 7.13. The molecule has 3 aromatic rings. The second-order valence-corrected chi connectivity index (χ2v) is 6.81. The van der Waals surface area contributed by atoms with Crippen molar-refractivity contribution in [3.8, 4) is 11.3 Å². The molecule has 0 radical (unpaired) electrons. The van der Waals surface area contributed by atoms with E-state index in [4.69, 9.17) is 4.42 Å². The van der Waals surface area contributed by atoms with E-state index < -0.39 is 0 Å². The molecule has 1 fully saturated rings. The van der Waals surface area contributed by atoms with Crippen LogP contribution in [0, 0.1) is 0 Å². The van der Waals surface area contributed by atoms with Crippen molar-refractivity contribution in [3.05, 3.63) is 64.9 Å². The van der Waals surface area contributed by atoms with Crippen LogP contribution in [0.15, 0.2) is 58.7 Å². The van der Waals surface area contributed by atoms with E-state index in [2.05, 4.69) is 4.98 Å². The number of aromatic nitrogens is 1. The number of benzene rings is 1. The van der Waals surface area contributed by atoms with Crippen LogP contribution in [0.2, 0.25) is 0 Å². The Kier molecular flexibility index (Phi) is 4.53. The van der Waals surface area contributed by atoms with E-state index in [0.29, 0.717) is 36.8 Å². The predicted molar refractivity (Wildman–Crippen MR) is 98.1 cm³/mol. The lowest BCUT2D eigenvalue weighted by Gasteiger charge is -2.34. The summed E-state index contributed by atoms with van der Waals surface area (Å²) in [5.74, 6) is 0.167. The third-order valence-electron chi connectivity index (χ3n) is 4.39. The highest BCUT2D eigenvalue weighted by molar-refractivity contribution is 7.12. The molecule has 132 valence electrons. The number of carbonyl (C=O) groups is 2. The van der Waals surface area contributed by atoms with Crippen LogP contribution in [-0.4, -0.2) is 52.8 Å². The zero-order valence-corrected chi connectivity index (χ0v) is 14.8. The standard InChI is InChI=1S/C19H17N3O3S/c23-18(15-7-4-12-25-15)21-8-10-22(11-9-21)19(24)17-16(20-13-26-17)14-5-2-1-3-6-14/h1-7,12-13H,8-11H2. The Labute approximate surface area is 154 Å². The van der Waals surface area contributed by atoms with Crippen molar-refractivity contribution in [2.75, 3.05) is 26.2 Å². The van der Waals surface area contributed by atoms with E-state index in [1.54, 1.807) is 27.4 Å². The first-order valence-corrected chi connectivity index (χ1v) is 9.23. The first kappa shape index (κ1) is 16.5. The van der Waals surface area contributed by atoms with Crippen LogP contribution >= 0.6 is 11.3 Å². The van der Waals surface area contributed by atoms with Crippen LogP contribution in [0.5, 0.6) is 0 Å². The SMILES string of the molecule is O=C(c1ccco1)N1CCN(C(=O)c2scnc2-c2ccccc2)CC1. The zero-order valence-electron chi connectivity index (χ0n) is 14.0. The summed E-state index contributed by atoms with van der Waals surface area (Å²) in [6.45, 7) is 1.98. The molecule has 0 saturated carbocycles. The van der Waals surface area contributed by atoms with Crippen LogP contribution in [0.25, 0.3) is 11.3 Å². The minimum absolute atomic E-state index is 0.0311. The van der Waals surface area contributed by atoms with Crippen LogP contribution in [0.3, 0.4) is 0 Å². The highest BCUT2D eigenvalue weighted by atomic mass is 32.1. The molecule has 7 heteroatoms. The third-order valence-corrected chi connectivity index (χ3v) is 5.21. The van der Waals surface area contributed by atoms with Crippen LogP contribution in [-0.2, 0) is 0 Å². The van der Waals surface area contributed by atoms with E-state index in [-0.39, 0.29) is 11.8 Å². The van der Waals surface area contributed by atoms with Crippen molar-refractivity contribution < 1.29 is 14.0 Å². The fourth-order valence-electron chi connectivity index (χ4n) is 3.01. The average Bonchev–Trinajstić information content (AvgIpc) is 3.39. The molecule has 1 saturated heterocycles. The first-order chi connectivity index (χ1) is 12.7. The molecule has 1 aliphatic heterocycles. The average molecular weight is 367 g/mol. The van der Waals surface area contributed by atoms with E-state index in [1.165, 1.54) is 17.6 Å². The maximum absolute atomic E-state index is 12.9. The Bertz CT molecular complexity index is 897. The Morgan fingerprint density at radius 2 is 1.62 bits per heavy atom. The molecule has 2 amide bonds. The van der Waals surface area contributed by atoms with Crippen molar-refractivity contribution in [3.63, 3.8) is 0 Å². The van der Waals surface area contributed by atoms with E-state index in [9.17, 15) is 9.59 Å². The van der Waals surface area contributed by atoms with E-state index >= 15 is 0 Å². The van der Waals surface area contributed by atoms with E-state index in [0.717, 1.165) is 11.3 Å². The van der Waals surface area contributed by atoms with Gasteiger partial charge in [0.1, 0.15) is 4.88 Å². The number of carbonyl (C=O) groups excluding carboxylic acids is 2. The summed E-state index contributed by atoms with van der Waals surface area (Å²) in [5.41, 5.74) is 3.35. The minimum Gasteiger partial charge on any atom is -0.459 e. The van der Waals surface area contributed by atoms with Gasteiger partial charge in [-0.2, -0.15) is 0 Å². The van der Waals surface area contributed by atoms with Crippen molar-refractivity contribution in [2.24, 2.45) is 0 Å². The van der Waals surface area contributed by atoms with Crippen molar-refractivity contribution >= 4 is 23.2 Å². The Morgan fingerprint density at radius 1 is 0.923 bits per heavy atom. The monoisotopic (exact) mass is 367 g/mol. The van der Waals surface area contributed by atoms with Gasteiger partial charge in [-0.15, -0.1) is 11.3 Å². The van der Waals surface area contributed by atoms with Crippen molar-refractivity contribution in [2.45, 2.75) is 0 Å². The third kappa shape index (κ3) is 3.13.